The van der Waals surface area contributed by atoms with E-state index in [4.69, 9.17) is 23.2 Å². The van der Waals surface area contributed by atoms with Crippen LogP contribution in [0.15, 0.2) is 48.5 Å². The Bertz CT molecular complexity index is 525. The molecule has 0 amide bonds. The molecule has 18 heavy (non-hydrogen) atoms. The molecule has 0 aliphatic heterocycles. The van der Waals surface area contributed by atoms with Crippen LogP contribution in [0.2, 0.25) is 10.0 Å². The molecule has 0 aromatic heterocycles. The first-order valence-electron chi connectivity index (χ1n) is 5.81. The normalized spacial score (nSPS) is 12.4. The van der Waals surface area contributed by atoms with Crippen LogP contribution in [0.4, 0.5) is 0 Å². The highest BCUT2D eigenvalue weighted by atomic mass is 35.5. The van der Waals surface area contributed by atoms with Crippen molar-refractivity contribution in [1.29, 1.82) is 0 Å². The van der Waals surface area contributed by atoms with Crippen LogP contribution >= 0.6 is 23.2 Å². The van der Waals surface area contributed by atoms with Gasteiger partial charge in [0.25, 0.3) is 0 Å². The zero-order chi connectivity index (χ0) is 13.0. The van der Waals surface area contributed by atoms with Crippen LogP contribution in [0.1, 0.15) is 17.0 Å². The highest BCUT2D eigenvalue weighted by molar-refractivity contribution is 6.31. The Morgan fingerprint density at radius 2 is 1.50 bits per heavy atom. The standard InChI is InChI=1S/C15H14Cl2O/c16-14-7-3-1-5-11(14)9-12(10-18)13-6-2-4-8-15(13)17/h1-8,12,18H,9-10H2/t12-/m1/s1. The van der Waals surface area contributed by atoms with E-state index in [9.17, 15) is 5.11 Å². The van der Waals surface area contributed by atoms with E-state index >= 15 is 0 Å². The Morgan fingerprint density at radius 3 is 2.11 bits per heavy atom. The van der Waals surface area contributed by atoms with Crippen LogP contribution in [0.5, 0.6) is 0 Å². The third kappa shape index (κ3) is 3.05. The summed E-state index contributed by atoms with van der Waals surface area (Å²) in [5.74, 6) is -0.0291. The highest BCUT2D eigenvalue weighted by Gasteiger charge is 2.15. The summed E-state index contributed by atoms with van der Waals surface area (Å²) in [6, 6.07) is 15.3. The van der Waals surface area contributed by atoms with E-state index in [1.54, 1.807) is 0 Å². The molecule has 0 radical (unpaired) electrons. The fraction of sp³-hybridized carbons (Fsp3) is 0.200. The smallest absolute Gasteiger partial charge is 0.0503 e. The summed E-state index contributed by atoms with van der Waals surface area (Å²) in [6.45, 7) is 0.0506. The summed E-state index contributed by atoms with van der Waals surface area (Å²) in [6.07, 6.45) is 0.680. The molecule has 0 heterocycles. The quantitative estimate of drug-likeness (QED) is 0.885. The molecule has 0 saturated heterocycles. The van der Waals surface area contributed by atoms with Crippen molar-refractivity contribution < 1.29 is 5.11 Å². The highest BCUT2D eigenvalue weighted by Crippen LogP contribution is 2.29. The predicted octanol–water partition coefficient (Wildman–Crippen LogP) is 4.31. The summed E-state index contributed by atoms with van der Waals surface area (Å²) in [5, 5.41) is 11.0. The maximum atomic E-state index is 9.55. The molecule has 2 aromatic rings. The average Bonchev–Trinajstić information content (AvgIpc) is 2.39. The van der Waals surface area contributed by atoms with Crippen molar-refractivity contribution in [2.75, 3.05) is 6.61 Å². The molecule has 0 aliphatic rings. The first kappa shape index (κ1) is 13.4. The monoisotopic (exact) mass is 280 g/mol. The van der Waals surface area contributed by atoms with Gasteiger partial charge < -0.3 is 5.11 Å². The van der Waals surface area contributed by atoms with Crippen LogP contribution in [0.3, 0.4) is 0 Å². The number of benzene rings is 2. The van der Waals surface area contributed by atoms with E-state index in [0.717, 1.165) is 16.1 Å². The van der Waals surface area contributed by atoms with Crippen LogP contribution in [0.25, 0.3) is 0 Å². The van der Waals surface area contributed by atoms with Gasteiger partial charge in [-0.15, -0.1) is 0 Å². The number of hydrogen-bond acceptors (Lipinski definition) is 1. The Morgan fingerprint density at radius 1 is 0.889 bits per heavy atom. The third-order valence-corrected chi connectivity index (χ3v) is 3.70. The van der Waals surface area contributed by atoms with Crippen molar-refractivity contribution in [2.45, 2.75) is 12.3 Å². The molecule has 2 rings (SSSR count). The lowest BCUT2D eigenvalue weighted by Gasteiger charge is -2.16. The molecular weight excluding hydrogens is 267 g/mol. The van der Waals surface area contributed by atoms with E-state index in [1.807, 2.05) is 48.5 Å². The average molecular weight is 281 g/mol. The molecule has 0 saturated carbocycles. The topological polar surface area (TPSA) is 20.2 Å². The van der Waals surface area contributed by atoms with Gasteiger partial charge in [-0.2, -0.15) is 0 Å². The molecule has 0 unspecified atom stereocenters. The lowest BCUT2D eigenvalue weighted by molar-refractivity contribution is 0.264. The Kier molecular flexibility index (Phi) is 4.65. The minimum Gasteiger partial charge on any atom is -0.396 e. The summed E-state index contributed by atoms with van der Waals surface area (Å²) in [4.78, 5) is 0. The second-order valence-corrected chi connectivity index (χ2v) is 5.01. The summed E-state index contributed by atoms with van der Waals surface area (Å²) in [5.41, 5.74) is 1.99. The zero-order valence-electron chi connectivity index (χ0n) is 9.81. The second-order valence-electron chi connectivity index (χ2n) is 4.20. The lowest BCUT2D eigenvalue weighted by atomic mass is 9.92. The van der Waals surface area contributed by atoms with Crippen molar-refractivity contribution in [1.82, 2.24) is 0 Å². The van der Waals surface area contributed by atoms with Crippen LogP contribution < -0.4 is 0 Å². The molecular formula is C15H14Cl2O. The molecule has 1 nitrogen and oxygen atoms in total. The van der Waals surface area contributed by atoms with Crippen molar-refractivity contribution in [3.05, 3.63) is 69.7 Å². The maximum Gasteiger partial charge on any atom is 0.0503 e. The van der Waals surface area contributed by atoms with Gasteiger partial charge >= 0.3 is 0 Å². The molecule has 0 bridgehead atoms. The first-order chi connectivity index (χ1) is 8.72. The van der Waals surface area contributed by atoms with Gasteiger partial charge in [-0.3, -0.25) is 0 Å². The zero-order valence-corrected chi connectivity index (χ0v) is 11.3. The predicted molar refractivity (Wildman–Crippen MR) is 76.4 cm³/mol. The van der Waals surface area contributed by atoms with Crippen molar-refractivity contribution in [2.24, 2.45) is 0 Å². The molecule has 94 valence electrons. The van der Waals surface area contributed by atoms with Crippen LogP contribution in [-0.4, -0.2) is 11.7 Å². The van der Waals surface area contributed by atoms with Crippen molar-refractivity contribution in [3.8, 4) is 0 Å². The van der Waals surface area contributed by atoms with E-state index in [2.05, 4.69) is 0 Å². The van der Waals surface area contributed by atoms with Gasteiger partial charge in [-0.05, 0) is 29.7 Å². The van der Waals surface area contributed by atoms with E-state index < -0.39 is 0 Å². The Balaban J connectivity index is 2.26. The molecule has 1 atom stereocenters. The Labute approximate surface area is 117 Å². The molecule has 0 fully saturated rings. The number of rotatable bonds is 4. The Hall–Kier alpha value is -1.02. The molecule has 2 aromatic carbocycles. The van der Waals surface area contributed by atoms with Gasteiger partial charge in [0.1, 0.15) is 0 Å². The van der Waals surface area contributed by atoms with Gasteiger partial charge in [0, 0.05) is 16.0 Å². The number of aliphatic hydroxyl groups excluding tert-OH is 1. The fourth-order valence-electron chi connectivity index (χ4n) is 2.01. The van der Waals surface area contributed by atoms with Crippen molar-refractivity contribution >= 4 is 23.2 Å². The van der Waals surface area contributed by atoms with Crippen molar-refractivity contribution in [3.63, 3.8) is 0 Å². The van der Waals surface area contributed by atoms with E-state index in [0.29, 0.717) is 11.4 Å². The number of halogens is 2. The maximum absolute atomic E-state index is 9.55. The summed E-state index contributed by atoms with van der Waals surface area (Å²) >= 11 is 12.3. The fourth-order valence-corrected chi connectivity index (χ4v) is 2.51. The first-order valence-corrected chi connectivity index (χ1v) is 6.56. The second kappa shape index (κ2) is 6.24. The number of hydrogen-bond donors (Lipinski definition) is 1. The van der Waals surface area contributed by atoms with Crippen LogP contribution in [0, 0.1) is 0 Å². The largest absolute Gasteiger partial charge is 0.396 e. The van der Waals surface area contributed by atoms with Gasteiger partial charge in [0.15, 0.2) is 0 Å². The summed E-state index contributed by atoms with van der Waals surface area (Å²) in [7, 11) is 0. The third-order valence-electron chi connectivity index (χ3n) is 2.99. The molecule has 0 spiro atoms. The minimum atomic E-state index is -0.0291. The van der Waals surface area contributed by atoms with E-state index in [-0.39, 0.29) is 12.5 Å². The molecule has 0 aliphatic carbocycles. The molecule has 1 N–H and O–H groups in total. The summed E-state index contributed by atoms with van der Waals surface area (Å²) < 4.78 is 0. The SMILES string of the molecule is OC[C@@H](Cc1ccccc1Cl)c1ccccc1Cl. The minimum absolute atomic E-state index is 0.0291. The van der Waals surface area contributed by atoms with E-state index in [1.165, 1.54) is 0 Å². The number of aliphatic hydroxyl groups is 1. The van der Waals surface area contributed by atoms with Crippen LogP contribution in [-0.2, 0) is 6.42 Å². The lowest BCUT2D eigenvalue weighted by Crippen LogP contribution is -2.08. The van der Waals surface area contributed by atoms with Gasteiger partial charge in [-0.1, -0.05) is 59.6 Å². The van der Waals surface area contributed by atoms with Gasteiger partial charge in [-0.25, -0.2) is 0 Å². The van der Waals surface area contributed by atoms with Gasteiger partial charge in [0.2, 0.25) is 0 Å². The van der Waals surface area contributed by atoms with Gasteiger partial charge in [0.05, 0.1) is 6.61 Å². The molecule has 3 heteroatoms.